The van der Waals surface area contributed by atoms with E-state index in [4.69, 9.17) is 0 Å². The van der Waals surface area contributed by atoms with Crippen LogP contribution in [0.15, 0.2) is 0 Å². The maximum absolute atomic E-state index is 3.66. The van der Waals surface area contributed by atoms with Gasteiger partial charge in [-0.05, 0) is 43.6 Å². The van der Waals surface area contributed by atoms with E-state index in [9.17, 15) is 0 Å². The first-order valence-corrected chi connectivity index (χ1v) is 7.96. The summed E-state index contributed by atoms with van der Waals surface area (Å²) in [6.45, 7) is 10.5. The fourth-order valence-corrected chi connectivity index (χ4v) is 3.54. The lowest BCUT2D eigenvalue weighted by atomic mass is 9.83. The number of nitrogens with one attached hydrogen (secondary N) is 1. The van der Waals surface area contributed by atoms with E-state index >= 15 is 0 Å². The van der Waals surface area contributed by atoms with Crippen LogP contribution < -0.4 is 5.32 Å². The van der Waals surface area contributed by atoms with Gasteiger partial charge in [-0.25, -0.2) is 0 Å². The van der Waals surface area contributed by atoms with Gasteiger partial charge in [-0.1, -0.05) is 53.4 Å². The third-order valence-electron chi connectivity index (χ3n) is 4.87. The summed E-state index contributed by atoms with van der Waals surface area (Å²) in [5.74, 6) is 2.87. The largest absolute Gasteiger partial charge is 0.314 e. The fourth-order valence-electron chi connectivity index (χ4n) is 3.54. The molecule has 1 nitrogen and oxygen atoms in total. The Hall–Kier alpha value is -0.0400. The molecule has 1 aliphatic carbocycles. The molecule has 1 N–H and O–H groups in total. The van der Waals surface area contributed by atoms with Crippen LogP contribution in [0.4, 0.5) is 0 Å². The van der Waals surface area contributed by atoms with Crippen LogP contribution in [0.3, 0.4) is 0 Å². The molecule has 0 spiro atoms. The Morgan fingerprint density at radius 3 is 2.53 bits per heavy atom. The third-order valence-corrected chi connectivity index (χ3v) is 4.87. The van der Waals surface area contributed by atoms with Gasteiger partial charge in [0.1, 0.15) is 0 Å². The summed E-state index contributed by atoms with van der Waals surface area (Å²) in [7, 11) is 0. The molecular formula is C16H33N. The topological polar surface area (TPSA) is 12.0 Å². The minimum atomic E-state index is 0.800. The van der Waals surface area contributed by atoms with Crippen molar-refractivity contribution in [2.45, 2.75) is 78.7 Å². The van der Waals surface area contributed by atoms with Crippen LogP contribution in [0, 0.1) is 17.8 Å². The summed E-state index contributed by atoms with van der Waals surface area (Å²) in [6.07, 6.45) is 9.98. The maximum Gasteiger partial charge on any atom is 0.00953 e. The van der Waals surface area contributed by atoms with Crippen LogP contribution >= 0.6 is 0 Å². The minimum absolute atomic E-state index is 0.800. The smallest absolute Gasteiger partial charge is 0.00953 e. The average Bonchev–Trinajstić information content (AvgIpc) is 2.67. The molecule has 1 rings (SSSR count). The van der Waals surface area contributed by atoms with Crippen LogP contribution in [0.2, 0.25) is 0 Å². The highest BCUT2D eigenvalue weighted by Gasteiger charge is 2.32. The normalized spacial score (nSPS) is 30.7. The predicted octanol–water partition coefficient (Wildman–Crippen LogP) is 4.62. The van der Waals surface area contributed by atoms with Gasteiger partial charge in [0.05, 0.1) is 0 Å². The highest BCUT2D eigenvalue weighted by molar-refractivity contribution is 4.87. The van der Waals surface area contributed by atoms with Gasteiger partial charge in [-0.15, -0.1) is 0 Å². The molecule has 0 aromatic carbocycles. The predicted molar refractivity (Wildman–Crippen MR) is 77.3 cm³/mol. The lowest BCUT2D eigenvalue weighted by Gasteiger charge is -2.25. The monoisotopic (exact) mass is 239 g/mol. The average molecular weight is 239 g/mol. The lowest BCUT2D eigenvalue weighted by Crippen LogP contribution is -2.32. The van der Waals surface area contributed by atoms with E-state index in [-0.39, 0.29) is 0 Å². The Bertz CT molecular complexity index is 190. The second-order valence-electron chi connectivity index (χ2n) is 6.01. The van der Waals surface area contributed by atoms with Crippen molar-refractivity contribution in [3.8, 4) is 0 Å². The van der Waals surface area contributed by atoms with Gasteiger partial charge in [0.2, 0.25) is 0 Å². The van der Waals surface area contributed by atoms with Gasteiger partial charge >= 0.3 is 0 Å². The second-order valence-corrected chi connectivity index (χ2v) is 6.01. The molecule has 102 valence electrons. The molecule has 0 aliphatic heterocycles. The molecule has 0 aromatic rings. The molecule has 0 amide bonds. The quantitative estimate of drug-likeness (QED) is 0.652. The van der Waals surface area contributed by atoms with E-state index in [0.29, 0.717) is 0 Å². The van der Waals surface area contributed by atoms with E-state index < -0.39 is 0 Å². The Morgan fingerprint density at radius 2 is 1.94 bits per heavy atom. The fraction of sp³-hybridized carbons (Fsp3) is 1.00. The Labute approximate surface area is 109 Å². The van der Waals surface area contributed by atoms with E-state index in [1.54, 1.807) is 0 Å². The van der Waals surface area contributed by atoms with Crippen molar-refractivity contribution in [1.29, 1.82) is 0 Å². The van der Waals surface area contributed by atoms with E-state index in [2.05, 4.69) is 33.0 Å². The summed E-state index contributed by atoms with van der Waals surface area (Å²) in [6, 6.07) is 0.800. The molecule has 0 heterocycles. The summed E-state index contributed by atoms with van der Waals surface area (Å²) in [5.41, 5.74) is 0. The molecule has 0 saturated heterocycles. The molecule has 1 aliphatic rings. The highest BCUT2D eigenvalue weighted by Crippen LogP contribution is 2.37. The van der Waals surface area contributed by atoms with Crippen LogP contribution in [0.5, 0.6) is 0 Å². The molecule has 0 bridgehead atoms. The molecule has 1 fully saturated rings. The standard InChI is InChI=1S/C16H33N/c1-5-8-9-14(6-2)12-15-10-11-16(13(15)4)17-7-3/h13-17H,5-12H2,1-4H3. The summed E-state index contributed by atoms with van der Waals surface area (Å²) < 4.78 is 0. The zero-order chi connectivity index (χ0) is 12.7. The van der Waals surface area contributed by atoms with Crippen molar-refractivity contribution < 1.29 is 0 Å². The summed E-state index contributed by atoms with van der Waals surface area (Å²) in [5, 5.41) is 3.66. The van der Waals surface area contributed by atoms with Gasteiger partial charge in [0, 0.05) is 6.04 Å². The van der Waals surface area contributed by atoms with E-state index in [1.165, 1.54) is 44.9 Å². The van der Waals surface area contributed by atoms with Crippen LogP contribution in [0.1, 0.15) is 72.6 Å². The van der Waals surface area contributed by atoms with Gasteiger partial charge in [-0.2, -0.15) is 0 Å². The number of unbranched alkanes of at least 4 members (excludes halogenated alkanes) is 1. The Kier molecular flexibility index (Phi) is 7.18. The number of hydrogen-bond donors (Lipinski definition) is 1. The van der Waals surface area contributed by atoms with E-state index in [0.717, 1.165) is 30.3 Å². The summed E-state index contributed by atoms with van der Waals surface area (Å²) >= 11 is 0. The molecule has 0 aromatic heterocycles. The lowest BCUT2D eigenvalue weighted by molar-refractivity contribution is 0.276. The van der Waals surface area contributed by atoms with Crippen LogP contribution in [0.25, 0.3) is 0 Å². The van der Waals surface area contributed by atoms with E-state index in [1.807, 2.05) is 0 Å². The SMILES string of the molecule is CCCCC(CC)CC1CCC(NCC)C1C. The van der Waals surface area contributed by atoms with Gasteiger partial charge < -0.3 is 5.32 Å². The van der Waals surface area contributed by atoms with Crippen LogP contribution in [-0.4, -0.2) is 12.6 Å². The first-order chi connectivity index (χ1) is 8.22. The first-order valence-electron chi connectivity index (χ1n) is 7.96. The van der Waals surface area contributed by atoms with Gasteiger partial charge in [-0.3, -0.25) is 0 Å². The first kappa shape index (κ1) is 15.0. The zero-order valence-electron chi connectivity index (χ0n) is 12.5. The van der Waals surface area contributed by atoms with Crippen molar-refractivity contribution in [2.24, 2.45) is 17.8 Å². The molecule has 4 atom stereocenters. The van der Waals surface area contributed by atoms with Crippen molar-refractivity contribution in [3.05, 3.63) is 0 Å². The van der Waals surface area contributed by atoms with Crippen LogP contribution in [-0.2, 0) is 0 Å². The molecular weight excluding hydrogens is 206 g/mol. The molecule has 1 saturated carbocycles. The van der Waals surface area contributed by atoms with Crippen molar-refractivity contribution in [1.82, 2.24) is 5.32 Å². The maximum atomic E-state index is 3.66. The molecule has 17 heavy (non-hydrogen) atoms. The van der Waals surface area contributed by atoms with Gasteiger partial charge in [0.15, 0.2) is 0 Å². The second kappa shape index (κ2) is 8.13. The van der Waals surface area contributed by atoms with Crippen molar-refractivity contribution in [3.63, 3.8) is 0 Å². The molecule has 4 unspecified atom stereocenters. The van der Waals surface area contributed by atoms with Gasteiger partial charge in [0.25, 0.3) is 0 Å². The Morgan fingerprint density at radius 1 is 1.18 bits per heavy atom. The minimum Gasteiger partial charge on any atom is -0.314 e. The Balaban J connectivity index is 2.35. The third kappa shape index (κ3) is 4.62. The van der Waals surface area contributed by atoms with Crippen molar-refractivity contribution >= 4 is 0 Å². The molecule has 1 heteroatoms. The highest BCUT2D eigenvalue weighted by atomic mass is 14.9. The number of rotatable bonds is 8. The van der Waals surface area contributed by atoms with Crippen molar-refractivity contribution in [2.75, 3.05) is 6.54 Å². The molecule has 0 radical (unpaired) electrons. The number of hydrogen-bond acceptors (Lipinski definition) is 1. The zero-order valence-corrected chi connectivity index (χ0v) is 12.5. The summed E-state index contributed by atoms with van der Waals surface area (Å²) in [4.78, 5) is 0.